The molecular formula is C18H30N2O4. The molecule has 24 heavy (non-hydrogen) atoms. The second-order valence-electron chi connectivity index (χ2n) is 7.49. The smallest absolute Gasteiger partial charge is 0.323 e. The number of carboxylic acids is 1. The van der Waals surface area contributed by atoms with E-state index < -0.39 is 5.97 Å². The molecule has 0 saturated heterocycles. The Morgan fingerprint density at radius 2 is 1.58 bits per heavy atom. The Kier molecular flexibility index (Phi) is 6.63. The van der Waals surface area contributed by atoms with Crippen molar-refractivity contribution in [2.75, 3.05) is 6.54 Å². The van der Waals surface area contributed by atoms with Crippen LogP contribution in [0.15, 0.2) is 0 Å². The van der Waals surface area contributed by atoms with Crippen LogP contribution in [-0.2, 0) is 14.4 Å². The molecule has 0 aliphatic heterocycles. The molecule has 2 amide bonds. The van der Waals surface area contributed by atoms with Gasteiger partial charge in [-0.2, -0.15) is 0 Å². The van der Waals surface area contributed by atoms with Gasteiger partial charge in [-0.1, -0.05) is 12.8 Å². The fourth-order valence-electron chi connectivity index (χ4n) is 3.89. The van der Waals surface area contributed by atoms with Crippen LogP contribution in [0, 0.1) is 11.8 Å². The van der Waals surface area contributed by atoms with Crippen LogP contribution in [0.25, 0.3) is 0 Å². The lowest BCUT2D eigenvalue weighted by atomic mass is 9.84. The Morgan fingerprint density at radius 3 is 2.08 bits per heavy atom. The van der Waals surface area contributed by atoms with E-state index in [9.17, 15) is 14.4 Å². The number of aliphatic carboxylic acids is 1. The SMILES string of the molecule is CC(C)N(CC(=O)O)C(=O)C1CCC(NC(=O)C2CCCC2)CC1. The summed E-state index contributed by atoms with van der Waals surface area (Å²) >= 11 is 0. The molecule has 2 aliphatic rings. The van der Waals surface area contributed by atoms with Gasteiger partial charge in [0.25, 0.3) is 0 Å². The maximum atomic E-state index is 12.6. The fourth-order valence-corrected chi connectivity index (χ4v) is 3.89. The van der Waals surface area contributed by atoms with E-state index in [1.807, 2.05) is 13.8 Å². The van der Waals surface area contributed by atoms with E-state index in [1.165, 1.54) is 4.90 Å². The van der Waals surface area contributed by atoms with Crippen LogP contribution in [0.5, 0.6) is 0 Å². The molecule has 2 aliphatic carbocycles. The predicted molar refractivity (Wildman–Crippen MR) is 90.3 cm³/mol. The van der Waals surface area contributed by atoms with Gasteiger partial charge in [0.2, 0.25) is 11.8 Å². The summed E-state index contributed by atoms with van der Waals surface area (Å²) in [5.41, 5.74) is 0. The van der Waals surface area contributed by atoms with Crippen molar-refractivity contribution in [2.45, 2.75) is 77.3 Å². The van der Waals surface area contributed by atoms with Crippen molar-refractivity contribution >= 4 is 17.8 Å². The van der Waals surface area contributed by atoms with Gasteiger partial charge in [-0.25, -0.2) is 0 Å². The standard InChI is InChI=1S/C18H30N2O4/c1-12(2)20(11-16(21)22)18(24)14-7-9-15(10-8-14)19-17(23)13-5-3-4-6-13/h12-15H,3-11H2,1-2H3,(H,19,23)(H,21,22). The maximum absolute atomic E-state index is 12.6. The van der Waals surface area contributed by atoms with Crippen LogP contribution in [0.4, 0.5) is 0 Å². The monoisotopic (exact) mass is 338 g/mol. The van der Waals surface area contributed by atoms with Gasteiger partial charge in [0, 0.05) is 23.9 Å². The first-order chi connectivity index (χ1) is 11.4. The molecule has 6 heteroatoms. The Labute approximate surface area is 144 Å². The van der Waals surface area contributed by atoms with E-state index in [-0.39, 0.29) is 42.3 Å². The van der Waals surface area contributed by atoms with Crippen LogP contribution in [0.3, 0.4) is 0 Å². The molecule has 0 aromatic carbocycles. The number of amides is 2. The number of rotatable bonds is 6. The maximum Gasteiger partial charge on any atom is 0.323 e. The zero-order valence-corrected chi connectivity index (χ0v) is 14.8. The molecule has 2 rings (SSSR count). The van der Waals surface area contributed by atoms with Crippen LogP contribution >= 0.6 is 0 Å². The largest absolute Gasteiger partial charge is 0.480 e. The van der Waals surface area contributed by atoms with Crippen molar-refractivity contribution in [3.05, 3.63) is 0 Å². The van der Waals surface area contributed by atoms with Crippen LogP contribution in [0.2, 0.25) is 0 Å². The normalized spacial score (nSPS) is 24.8. The van der Waals surface area contributed by atoms with E-state index in [0.717, 1.165) is 51.4 Å². The average Bonchev–Trinajstić information content (AvgIpc) is 3.07. The van der Waals surface area contributed by atoms with Gasteiger partial charge in [-0.05, 0) is 52.4 Å². The lowest BCUT2D eigenvalue weighted by Crippen LogP contribution is -2.46. The Balaban J connectivity index is 1.81. The average molecular weight is 338 g/mol. The van der Waals surface area contributed by atoms with Gasteiger partial charge in [-0.15, -0.1) is 0 Å². The molecular weight excluding hydrogens is 308 g/mol. The van der Waals surface area contributed by atoms with Gasteiger partial charge in [0.15, 0.2) is 0 Å². The van der Waals surface area contributed by atoms with Crippen molar-refractivity contribution in [1.82, 2.24) is 10.2 Å². The number of nitrogens with zero attached hydrogens (tertiary/aromatic N) is 1. The Morgan fingerprint density at radius 1 is 1.00 bits per heavy atom. The highest BCUT2D eigenvalue weighted by Gasteiger charge is 2.33. The lowest BCUT2D eigenvalue weighted by molar-refractivity contribution is -0.148. The first-order valence-corrected chi connectivity index (χ1v) is 9.21. The summed E-state index contributed by atoms with van der Waals surface area (Å²) in [6.07, 6.45) is 7.33. The van der Waals surface area contributed by atoms with Crippen molar-refractivity contribution in [1.29, 1.82) is 0 Å². The number of hydrogen-bond acceptors (Lipinski definition) is 3. The summed E-state index contributed by atoms with van der Waals surface area (Å²) in [5, 5.41) is 12.1. The van der Waals surface area contributed by atoms with Crippen molar-refractivity contribution in [3.8, 4) is 0 Å². The van der Waals surface area contributed by atoms with Gasteiger partial charge in [-0.3, -0.25) is 14.4 Å². The zero-order valence-electron chi connectivity index (χ0n) is 14.8. The molecule has 0 atom stereocenters. The van der Waals surface area contributed by atoms with Gasteiger partial charge >= 0.3 is 5.97 Å². The van der Waals surface area contributed by atoms with Gasteiger partial charge < -0.3 is 15.3 Å². The van der Waals surface area contributed by atoms with Crippen molar-refractivity contribution < 1.29 is 19.5 Å². The summed E-state index contributed by atoms with van der Waals surface area (Å²) in [7, 11) is 0. The summed E-state index contributed by atoms with van der Waals surface area (Å²) in [4.78, 5) is 37.2. The molecule has 0 aromatic heterocycles. The first-order valence-electron chi connectivity index (χ1n) is 9.21. The molecule has 0 radical (unpaired) electrons. The fraction of sp³-hybridized carbons (Fsp3) is 0.833. The molecule has 2 fully saturated rings. The second-order valence-corrected chi connectivity index (χ2v) is 7.49. The van der Waals surface area contributed by atoms with E-state index in [0.29, 0.717) is 0 Å². The zero-order chi connectivity index (χ0) is 17.7. The van der Waals surface area contributed by atoms with Crippen molar-refractivity contribution in [2.24, 2.45) is 11.8 Å². The number of carbonyl (C=O) groups excluding carboxylic acids is 2. The summed E-state index contributed by atoms with van der Waals surface area (Å²) < 4.78 is 0. The summed E-state index contributed by atoms with van der Waals surface area (Å²) in [5.74, 6) is -0.803. The quantitative estimate of drug-likeness (QED) is 0.777. The number of nitrogens with one attached hydrogen (secondary N) is 1. The summed E-state index contributed by atoms with van der Waals surface area (Å²) in [6, 6.07) is 0.0440. The molecule has 2 N–H and O–H groups in total. The van der Waals surface area contributed by atoms with Crippen molar-refractivity contribution in [3.63, 3.8) is 0 Å². The predicted octanol–water partition coefficient (Wildman–Crippen LogP) is 2.17. The minimum Gasteiger partial charge on any atom is -0.480 e. The van der Waals surface area contributed by atoms with Crippen LogP contribution < -0.4 is 5.32 Å². The minimum atomic E-state index is -0.977. The molecule has 0 unspecified atom stereocenters. The molecule has 0 bridgehead atoms. The first kappa shape index (κ1) is 18.7. The van der Waals surface area contributed by atoms with E-state index >= 15 is 0 Å². The van der Waals surface area contributed by atoms with E-state index in [1.54, 1.807) is 0 Å². The Hall–Kier alpha value is -1.59. The minimum absolute atomic E-state index is 0.0621. The lowest BCUT2D eigenvalue weighted by Gasteiger charge is -2.34. The third-order valence-electron chi connectivity index (χ3n) is 5.36. The van der Waals surface area contributed by atoms with Crippen LogP contribution in [-0.4, -0.2) is 46.4 Å². The Bertz CT molecular complexity index is 464. The van der Waals surface area contributed by atoms with Gasteiger partial charge in [0.1, 0.15) is 6.54 Å². The topological polar surface area (TPSA) is 86.7 Å². The van der Waals surface area contributed by atoms with Gasteiger partial charge in [0.05, 0.1) is 0 Å². The molecule has 6 nitrogen and oxygen atoms in total. The highest BCUT2D eigenvalue weighted by molar-refractivity contribution is 5.83. The molecule has 136 valence electrons. The number of carbonyl (C=O) groups is 3. The molecule has 0 spiro atoms. The molecule has 0 heterocycles. The summed E-state index contributed by atoms with van der Waals surface area (Å²) in [6.45, 7) is 3.44. The van der Waals surface area contributed by atoms with E-state index in [2.05, 4.69) is 5.32 Å². The second kappa shape index (κ2) is 8.49. The third-order valence-corrected chi connectivity index (χ3v) is 5.36. The van der Waals surface area contributed by atoms with E-state index in [4.69, 9.17) is 5.11 Å². The highest BCUT2D eigenvalue weighted by atomic mass is 16.4. The molecule has 2 saturated carbocycles. The number of hydrogen-bond donors (Lipinski definition) is 2. The molecule has 0 aromatic rings. The third kappa shape index (κ3) is 4.95. The number of carboxylic acid groups (broad SMARTS) is 1. The van der Waals surface area contributed by atoms with Crippen LogP contribution in [0.1, 0.15) is 65.2 Å². The highest BCUT2D eigenvalue weighted by Crippen LogP contribution is 2.29.